The van der Waals surface area contributed by atoms with E-state index < -0.39 is 18.5 Å². The molecule has 0 aliphatic rings. The molecule has 1 amide bonds. The summed E-state index contributed by atoms with van der Waals surface area (Å²) in [6.07, 6.45) is 0. The van der Waals surface area contributed by atoms with Crippen LogP contribution in [-0.4, -0.2) is 34.4 Å². The predicted octanol–water partition coefficient (Wildman–Crippen LogP) is 4.97. The molecule has 7 nitrogen and oxygen atoms in total. The summed E-state index contributed by atoms with van der Waals surface area (Å²) < 4.78 is 10.4. The standard InChI is InChI=1S/C18H12Cl3N3O4S/c19-11-3-1-10(2-4-11)17-23-24-18(28-17)29-9-16(26)27-8-15(25)22-14-6-12(20)5-13(21)7-14/h1-7H,8-9H2,(H,22,25). The van der Waals surface area contributed by atoms with Crippen molar-refractivity contribution in [2.24, 2.45) is 0 Å². The lowest BCUT2D eigenvalue weighted by Gasteiger charge is -2.07. The minimum absolute atomic E-state index is 0.0987. The minimum Gasteiger partial charge on any atom is -0.455 e. The number of aromatic nitrogens is 2. The van der Waals surface area contributed by atoms with Crippen LogP contribution >= 0.6 is 46.6 Å². The fourth-order valence-corrected chi connectivity index (χ4v) is 3.32. The molecule has 3 rings (SSSR count). The molecule has 0 radical (unpaired) electrons. The first-order valence-electron chi connectivity index (χ1n) is 8.03. The highest BCUT2D eigenvalue weighted by Gasteiger charge is 2.13. The van der Waals surface area contributed by atoms with E-state index in [-0.39, 0.29) is 11.0 Å². The topological polar surface area (TPSA) is 94.3 Å². The van der Waals surface area contributed by atoms with E-state index in [1.165, 1.54) is 18.2 Å². The van der Waals surface area contributed by atoms with E-state index >= 15 is 0 Å². The second-order valence-corrected chi connectivity index (χ2v) is 7.77. The average molecular weight is 473 g/mol. The van der Waals surface area contributed by atoms with Crippen LogP contribution in [0.4, 0.5) is 5.69 Å². The molecule has 0 unspecified atom stereocenters. The average Bonchev–Trinajstić information content (AvgIpc) is 3.13. The number of carbonyl (C=O) groups is 2. The first kappa shape index (κ1) is 21.4. The lowest BCUT2D eigenvalue weighted by molar-refractivity contribution is -0.144. The number of ether oxygens (including phenoxy) is 1. The maximum atomic E-state index is 11.9. The van der Waals surface area contributed by atoms with E-state index in [0.29, 0.717) is 32.2 Å². The number of carbonyl (C=O) groups excluding carboxylic acids is 2. The lowest BCUT2D eigenvalue weighted by Crippen LogP contribution is -2.21. The Morgan fingerprint density at radius 1 is 1.00 bits per heavy atom. The molecule has 29 heavy (non-hydrogen) atoms. The highest BCUT2D eigenvalue weighted by Crippen LogP contribution is 2.24. The molecule has 3 aromatic rings. The molecule has 0 aliphatic heterocycles. The maximum absolute atomic E-state index is 11.9. The molecule has 0 atom stereocenters. The quantitative estimate of drug-likeness (QED) is 0.383. The van der Waals surface area contributed by atoms with Crippen LogP contribution in [0.2, 0.25) is 15.1 Å². The zero-order valence-corrected chi connectivity index (χ0v) is 17.6. The molecule has 0 saturated heterocycles. The Bertz CT molecular complexity index is 1010. The summed E-state index contributed by atoms with van der Waals surface area (Å²) >= 11 is 18.6. The Labute approximate surface area is 184 Å². The van der Waals surface area contributed by atoms with Crippen molar-refractivity contribution >= 4 is 64.1 Å². The van der Waals surface area contributed by atoms with E-state index in [1.54, 1.807) is 24.3 Å². The van der Waals surface area contributed by atoms with Gasteiger partial charge in [-0.3, -0.25) is 9.59 Å². The van der Waals surface area contributed by atoms with Gasteiger partial charge in [0.2, 0.25) is 5.89 Å². The molecule has 1 aromatic heterocycles. The van der Waals surface area contributed by atoms with Gasteiger partial charge in [-0.2, -0.15) is 0 Å². The third-order valence-electron chi connectivity index (χ3n) is 3.32. The Morgan fingerprint density at radius 2 is 1.69 bits per heavy atom. The number of esters is 1. The summed E-state index contributed by atoms with van der Waals surface area (Å²) in [6.45, 7) is -0.455. The third kappa shape index (κ3) is 6.64. The normalized spacial score (nSPS) is 10.6. The maximum Gasteiger partial charge on any atom is 0.316 e. The molecule has 0 saturated carbocycles. The zero-order valence-electron chi connectivity index (χ0n) is 14.5. The van der Waals surface area contributed by atoms with E-state index in [2.05, 4.69) is 15.5 Å². The molecule has 0 spiro atoms. The summed E-state index contributed by atoms with van der Waals surface area (Å²) in [7, 11) is 0. The first-order valence-corrected chi connectivity index (χ1v) is 10.1. The van der Waals surface area contributed by atoms with Crippen LogP contribution in [0, 0.1) is 0 Å². The summed E-state index contributed by atoms with van der Waals surface area (Å²) in [5, 5.41) is 11.8. The van der Waals surface area contributed by atoms with Crippen molar-refractivity contribution in [3.8, 4) is 11.5 Å². The second kappa shape index (κ2) is 9.98. The van der Waals surface area contributed by atoms with Crippen molar-refractivity contribution in [3.05, 3.63) is 57.5 Å². The van der Waals surface area contributed by atoms with Gasteiger partial charge in [-0.15, -0.1) is 10.2 Å². The third-order valence-corrected chi connectivity index (χ3v) is 4.80. The summed E-state index contributed by atoms with van der Waals surface area (Å²) in [6, 6.07) is 11.5. The number of thioether (sulfide) groups is 1. The molecule has 2 aromatic carbocycles. The second-order valence-electron chi connectivity index (χ2n) is 5.54. The number of nitrogens with zero attached hydrogens (tertiary/aromatic N) is 2. The molecule has 150 valence electrons. The van der Waals surface area contributed by atoms with Gasteiger partial charge in [0.15, 0.2) is 6.61 Å². The monoisotopic (exact) mass is 471 g/mol. The first-order chi connectivity index (χ1) is 13.9. The van der Waals surface area contributed by atoms with Crippen LogP contribution in [0.15, 0.2) is 52.1 Å². The van der Waals surface area contributed by atoms with Crippen LogP contribution in [-0.2, 0) is 14.3 Å². The minimum atomic E-state index is -0.611. The number of nitrogens with one attached hydrogen (secondary N) is 1. The Kier molecular flexibility index (Phi) is 7.38. The zero-order chi connectivity index (χ0) is 20.8. The summed E-state index contributed by atoms with van der Waals surface area (Å²) in [4.78, 5) is 23.7. The molecule has 0 bridgehead atoms. The SMILES string of the molecule is O=C(COC(=O)CSc1nnc(-c2ccc(Cl)cc2)o1)Nc1cc(Cl)cc(Cl)c1. The number of amides is 1. The van der Waals surface area contributed by atoms with Crippen LogP contribution in [0.5, 0.6) is 0 Å². The van der Waals surface area contributed by atoms with E-state index in [0.717, 1.165) is 11.8 Å². The molecule has 0 fully saturated rings. The van der Waals surface area contributed by atoms with Gasteiger partial charge in [0.1, 0.15) is 5.75 Å². The van der Waals surface area contributed by atoms with Gasteiger partial charge in [0, 0.05) is 26.3 Å². The van der Waals surface area contributed by atoms with Crippen molar-refractivity contribution in [1.29, 1.82) is 0 Å². The van der Waals surface area contributed by atoms with Crippen molar-refractivity contribution in [3.63, 3.8) is 0 Å². The lowest BCUT2D eigenvalue weighted by atomic mass is 10.2. The largest absolute Gasteiger partial charge is 0.455 e. The van der Waals surface area contributed by atoms with E-state index in [4.69, 9.17) is 44.0 Å². The number of halogens is 3. The van der Waals surface area contributed by atoms with Crippen molar-refractivity contribution in [2.75, 3.05) is 17.7 Å². The predicted molar refractivity (Wildman–Crippen MR) is 112 cm³/mol. The Hall–Kier alpha value is -2.26. The van der Waals surface area contributed by atoms with E-state index in [9.17, 15) is 9.59 Å². The highest BCUT2D eigenvalue weighted by molar-refractivity contribution is 7.99. The van der Waals surface area contributed by atoms with Crippen LogP contribution in [0.25, 0.3) is 11.5 Å². The fourth-order valence-electron chi connectivity index (χ4n) is 2.11. The fraction of sp³-hybridized carbons (Fsp3) is 0.111. The smallest absolute Gasteiger partial charge is 0.316 e. The molecule has 11 heteroatoms. The number of hydrogen-bond donors (Lipinski definition) is 1. The number of anilines is 1. The van der Waals surface area contributed by atoms with Crippen molar-refractivity contribution < 1.29 is 18.7 Å². The molecular formula is C18H12Cl3N3O4S. The molecular weight excluding hydrogens is 461 g/mol. The molecule has 1 heterocycles. The Balaban J connectivity index is 1.44. The molecule has 0 aliphatic carbocycles. The van der Waals surface area contributed by atoms with Crippen molar-refractivity contribution in [2.45, 2.75) is 5.22 Å². The van der Waals surface area contributed by atoms with Gasteiger partial charge in [-0.1, -0.05) is 46.6 Å². The van der Waals surface area contributed by atoms with Crippen LogP contribution < -0.4 is 5.32 Å². The highest BCUT2D eigenvalue weighted by atomic mass is 35.5. The van der Waals surface area contributed by atoms with Crippen LogP contribution in [0.3, 0.4) is 0 Å². The number of benzene rings is 2. The van der Waals surface area contributed by atoms with Gasteiger partial charge < -0.3 is 14.5 Å². The van der Waals surface area contributed by atoms with Gasteiger partial charge in [0.05, 0.1) is 0 Å². The van der Waals surface area contributed by atoms with Crippen molar-refractivity contribution in [1.82, 2.24) is 10.2 Å². The van der Waals surface area contributed by atoms with Crippen LogP contribution in [0.1, 0.15) is 0 Å². The van der Waals surface area contributed by atoms with Gasteiger partial charge >= 0.3 is 5.97 Å². The number of hydrogen-bond acceptors (Lipinski definition) is 7. The number of rotatable bonds is 7. The molecule has 1 N–H and O–H groups in total. The van der Waals surface area contributed by atoms with E-state index in [1.807, 2.05) is 0 Å². The summed E-state index contributed by atoms with van der Waals surface area (Å²) in [5.74, 6) is -0.930. The van der Waals surface area contributed by atoms with Gasteiger partial charge in [-0.25, -0.2) is 0 Å². The van der Waals surface area contributed by atoms with Gasteiger partial charge in [-0.05, 0) is 42.5 Å². The van der Waals surface area contributed by atoms with Gasteiger partial charge in [0.25, 0.3) is 11.1 Å². The Morgan fingerprint density at radius 3 is 2.38 bits per heavy atom. The summed E-state index contributed by atoms with van der Waals surface area (Å²) in [5.41, 5.74) is 1.10.